The van der Waals surface area contributed by atoms with Crippen LogP contribution in [0.4, 0.5) is 9.57 Å². The SMILES string of the molecule is Nc1ccc(CCCCc2ccc(Cl)c(S(=O)(=O)F)c2)c(Cl)c1. The average Bonchev–Trinajstić information content (AvgIpc) is 2.45. The Labute approximate surface area is 145 Å². The first-order valence-corrected chi connectivity index (χ1v) is 9.18. The molecule has 0 saturated carbocycles. The molecule has 0 bridgehead atoms. The van der Waals surface area contributed by atoms with Gasteiger partial charge in [-0.25, -0.2) is 0 Å². The average molecular weight is 376 g/mol. The van der Waals surface area contributed by atoms with Crippen LogP contribution in [-0.4, -0.2) is 8.42 Å². The minimum atomic E-state index is -4.80. The molecule has 23 heavy (non-hydrogen) atoms. The van der Waals surface area contributed by atoms with E-state index in [9.17, 15) is 12.3 Å². The molecule has 0 fully saturated rings. The molecule has 0 unspecified atom stereocenters. The summed E-state index contributed by atoms with van der Waals surface area (Å²) in [4.78, 5) is -0.474. The van der Waals surface area contributed by atoms with Gasteiger partial charge >= 0.3 is 10.2 Å². The number of rotatable bonds is 6. The zero-order valence-corrected chi connectivity index (χ0v) is 14.6. The van der Waals surface area contributed by atoms with Crippen LogP contribution in [-0.2, 0) is 23.1 Å². The quantitative estimate of drug-likeness (QED) is 0.448. The third kappa shape index (κ3) is 5.09. The fourth-order valence-electron chi connectivity index (χ4n) is 2.30. The lowest BCUT2D eigenvalue weighted by molar-refractivity contribution is 0.552. The number of aryl methyl sites for hydroxylation is 2. The molecule has 124 valence electrons. The largest absolute Gasteiger partial charge is 0.399 e. The van der Waals surface area contributed by atoms with Gasteiger partial charge in [-0.15, -0.1) is 3.89 Å². The van der Waals surface area contributed by atoms with Crippen LogP contribution < -0.4 is 5.73 Å². The standard InChI is InChI=1S/C16H16Cl2FNO2S/c17-14-8-5-11(9-16(14)23(19,21)22)3-1-2-4-12-6-7-13(20)10-15(12)18/h5-10H,1-4,20H2. The maximum absolute atomic E-state index is 13.1. The zero-order chi connectivity index (χ0) is 17.0. The Kier molecular flexibility index (Phi) is 5.89. The molecule has 0 atom stereocenters. The fraction of sp³-hybridized carbons (Fsp3) is 0.250. The van der Waals surface area contributed by atoms with E-state index in [4.69, 9.17) is 28.9 Å². The Hall–Kier alpha value is -1.30. The van der Waals surface area contributed by atoms with E-state index in [0.717, 1.165) is 30.4 Å². The molecule has 0 aliphatic carbocycles. The molecule has 0 spiro atoms. The summed E-state index contributed by atoms with van der Waals surface area (Å²) in [5, 5.41) is 0.534. The van der Waals surface area contributed by atoms with Gasteiger partial charge in [0.1, 0.15) is 4.90 Å². The summed E-state index contributed by atoms with van der Waals surface area (Å²) in [6.07, 6.45) is 3.10. The zero-order valence-electron chi connectivity index (χ0n) is 12.2. The first-order valence-electron chi connectivity index (χ1n) is 7.04. The molecule has 2 aromatic carbocycles. The van der Waals surface area contributed by atoms with Gasteiger partial charge in [-0.3, -0.25) is 0 Å². The Morgan fingerprint density at radius 1 is 0.957 bits per heavy atom. The fourth-order valence-corrected chi connectivity index (χ4v) is 3.57. The molecule has 0 amide bonds. The van der Waals surface area contributed by atoms with Gasteiger partial charge in [0, 0.05) is 10.7 Å². The van der Waals surface area contributed by atoms with Gasteiger partial charge in [-0.1, -0.05) is 35.3 Å². The van der Waals surface area contributed by atoms with E-state index >= 15 is 0 Å². The minimum Gasteiger partial charge on any atom is -0.399 e. The van der Waals surface area contributed by atoms with Crippen LogP contribution in [0.3, 0.4) is 0 Å². The first kappa shape index (κ1) is 18.0. The van der Waals surface area contributed by atoms with Gasteiger partial charge in [0.05, 0.1) is 5.02 Å². The second-order valence-corrected chi connectivity index (χ2v) is 7.39. The Morgan fingerprint density at radius 2 is 1.65 bits per heavy atom. The van der Waals surface area contributed by atoms with Gasteiger partial charge in [0.2, 0.25) is 0 Å². The molecule has 0 aliphatic heterocycles. The Bertz CT molecular complexity index is 810. The Morgan fingerprint density at radius 3 is 2.30 bits per heavy atom. The van der Waals surface area contributed by atoms with Gasteiger partial charge < -0.3 is 5.73 Å². The molecule has 3 nitrogen and oxygen atoms in total. The van der Waals surface area contributed by atoms with Gasteiger partial charge in [-0.2, -0.15) is 8.42 Å². The smallest absolute Gasteiger partial charge is 0.333 e. The molecular weight excluding hydrogens is 360 g/mol. The highest BCUT2D eigenvalue weighted by molar-refractivity contribution is 7.86. The maximum Gasteiger partial charge on any atom is 0.333 e. The molecule has 0 aromatic heterocycles. The van der Waals surface area contributed by atoms with Crippen molar-refractivity contribution in [2.24, 2.45) is 0 Å². The van der Waals surface area contributed by atoms with Crippen molar-refractivity contribution in [2.45, 2.75) is 30.6 Å². The third-order valence-electron chi connectivity index (χ3n) is 3.50. The second kappa shape index (κ2) is 7.51. The van der Waals surface area contributed by atoms with Crippen LogP contribution in [0, 0.1) is 0 Å². The number of benzene rings is 2. The number of hydrogen-bond donors (Lipinski definition) is 1. The van der Waals surface area contributed by atoms with Crippen LogP contribution in [0.5, 0.6) is 0 Å². The summed E-state index contributed by atoms with van der Waals surface area (Å²) in [5.74, 6) is 0. The molecule has 2 aromatic rings. The topological polar surface area (TPSA) is 60.2 Å². The van der Waals surface area contributed by atoms with Crippen LogP contribution in [0.1, 0.15) is 24.0 Å². The minimum absolute atomic E-state index is 0.107. The Balaban J connectivity index is 1.94. The monoisotopic (exact) mass is 375 g/mol. The van der Waals surface area contributed by atoms with E-state index in [1.165, 1.54) is 12.1 Å². The van der Waals surface area contributed by atoms with Crippen LogP contribution >= 0.6 is 23.2 Å². The number of nitrogen functional groups attached to an aromatic ring is 1. The van der Waals surface area contributed by atoms with E-state index in [2.05, 4.69) is 0 Å². The van der Waals surface area contributed by atoms with Gasteiger partial charge in [-0.05, 0) is 61.1 Å². The molecule has 7 heteroatoms. The van der Waals surface area contributed by atoms with Crippen molar-refractivity contribution in [1.82, 2.24) is 0 Å². The normalized spacial score (nSPS) is 11.6. The lowest BCUT2D eigenvalue weighted by Crippen LogP contribution is -1.96. The van der Waals surface area contributed by atoms with Crippen LogP contribution in [0.2, 0.25) is 10.0 Å². The second-order valence-electron chi connectivity index (χ2n) is 5.26. The lowest BCUT2D eigenvalue weighted by atomic mass is 10.0. The van der Waals surface area contributed by atoms with E-state index in [1.807, 2.05) is 6.07 Å². The van der Waals surface area contributed by atoms with Crippen molar-refractivity contribution in [1.29, 1.82) is 0 Å². The first-order chi connectivity index (χ1) is 10.8. The van der Waals surface area contributed by atoms with E-state index in [0.29, 0.717) is 17.1 Å². The van der Waals surface area contributed by atoms with Crippen LogP contribution in [0.15, 0.2) is 41.3 Å². The van der Waals surface area contributed by atoms with Crippen molar-refractivity contribution in [3.63, 3.8) is 0 Å². The molecule has 0 radical (unpaired) electrons. The van der Waals surface area contributed by atoms with Crippen molar-refractivity contribution in [2.75, 3.05) is 5.73 Å². The predicted molar refractivity (Wildman–Crippen MR) is 92.3 cm³/mol. The number of hydrogen-bond acceptors (Lipinski definition) is 3. The van der Waals surface area contributed by atoms with E-state index in [1.54, 1.807) is 18.2 Å². The predicted octanol–water partition coefficient (Wildman–Crippen LogP) is 4.80. The number of halogens is 3. The van der Waals surface area contributed by atoms with Crippen molar-refractivity contribution >= 4 is 39.1 Å². The van der Waals surface area contributed by atoms with Crippen LogP contribution in [0.25, 0.3) is 0 Å². The molecule has 2 N–H and O–H groups in total. The van der Waals surface area contributed by atoms with E-state index < -0.39 is 15.1 Å². The van der Waals surface area contributed by atoms with Gasteiger partial charge in [0.25, 0.3) is 0 Å². The summed E-state index contributed by atoms with van der Waals surface area (Å²) in [6.45, 7) is 0. The number of nitrogens with two attached hydrogens (primary N) is 1. The molecule has 2 rings (SSSR count). The molecular formula is C16H16Cl2FNO2S. The third-order valence-corrected chi connectivity index (χ3v) is 5.15. The molecule has 0 saturated heterocycles. The number of anilines is 1. The molecule has 0 heterocycles. The highest BCUT2D eigenvalue weighted by Crippen LogP contribution is 2.25. The van der Waals surface area contributed by atoms with Crippen molar-refractivity contribution in [3.05, 3.63) is 57.6 Å². The maximum atomic E-state index is 13.1. The summed E-state index contributed by atoms with van der Waals surface area (Å²) >= 11 is 11.8. The van der Waals surface area contributed by atoms with Crippen molar-refractivity contribution in [3.8, 4) is 0 Å². The number of unbranched alkanes of at least 4 members (excludes halogenated alkanes) is 1. The summed E-state index contributed by atoms with van der Waals surface area (Å²) in [7, 11) is -4.80. The van der Waals surface area contributed by atoms with Crippen molar-refractivity contribution < 1.29 is 12.3 Å². The molecule has 0 aliphatic rings. The summed E-state index contributed by atoms with van der Waals surface area (Å²) in [6, 6.07) is 9.81. The lowest BCUT2D eigenvalue weighted by Gasteiger charge is -2.07. The van der Waals surface area contributed by atoms with Gasteiger partial charge in [0.15, 0.2) is 0 Å². The highest BCUT2D eigenvalue weighted by Gasteiger charge is 2.16. The summed E-state index contributed by atoms with van der Waals surface area (Å²) < 4.78 is 35.1. The van der Waals surface area contributed by atoms with E-state index in [-0.39, 0.29) is 5.02 Å². The highest BCUT2D eigenvalue weighted by atomic mass is 35.5. The summed E-state index contributed by atoms with van der Waals surface area (Å²) in [5.41, 5.74) is 8.02.